The summed E-state index contributed by atoms with van der Waals surface area (Å²) in [5, 5.41) is 10.9. The summed E-state index contributed by atoms with van der Waals surface area (Å²) in [6.45, 7) is 13.3. The molecular formula is C37H61ClO5Si. The molecule has 0 aliphatic heterocycles. The fourth-order valence-electron chi connectivity index (χ4n) is 6.91. The number of rotatable bonds is 21. The Kier molecular flexibility index (Phi) is 16.9. The molecule has 2 unspecified atom stereocenters. The Balaban J connectivity index is 2.24. The topological polar surface area (TPSA) is 72.8 Å². The number of methoxy groups -OCH3 is 1. The van der Waals surface area contributed by atoms with Gasteiger partial charge in [0.2, 0.25) is 0 Å². The average molecular weight is 649 g/mol. The van der Waals surface area contributed by atoms with E-state index >= 15 is 0 Å². The lowest BCUT2D eigenvalue weighted by Crippen LogP contribution is -2.48. The van der Waals surface area contributed by atoms with Crippen LogP contribution in [0.5, 0.6) is 0 Å². The van der Waals surface area contributed by atoms with Crippen molar-refractivity contribution < 1.29 is 23.9 Å². The van der Waals surface area contributed by atoms with Crippen LogP contribution in [0.4, 0.5) is 0 Å². The predicted molar refractivity (Wildman–Crippen MR) is 186 cm³/mol. The van der Waals surface area contributed by atoms with Gasteiger partial charge in [-0.1, -0.05) is 103 Å². The van der Waals surface area contributed by atoms with Crippen LogP contribution in [-0.4, -0.2) is 44.0 Å². The number of alkyl halides is 1. The van der Waals surface area contributed by atoms with Crippen LogP contribution in [0.3, 0.4) is 0 Å². The van der Waals surface area contributed by atoms with Crippen molar-refractivity contribution in [1.29, 1.82) is 0 Å². The van der Waals surface area contributed by atoms with E-state index in [4.69, 9.17) is 20.8 Å². The zero-order valence-corrected chi connectivity index (χ0v) is 30.5. The van der Waals surface area contributed by atoms with E-state index in [1.807, 2.05) is 6.92 Å². The third-order valence-corrected chi connectivity index (χ3v) is 15.9. The van der Waals surface area contributed by atoms with Crippen LogP contribution in [-0.2, 0) is 31.1 Å². The highest BCUT2D eigenvalue weighted by Crippen LogP contribution is 2.44. The molecular weight excluding hydrogens is 588 g/mol. The Bertz CT molecular complexity index is 1010. The van der Waals surface area contributed by atoms with Crippen LogP contribution in [0.25, 0.3) is 0 Å². The monoisotopic (exact) mass is 648 g/mol. The number of halogens is 1. The van der Waals surface area contributed by atoms with Gasteiger partial charge in [0.05, 0.1) is 18.8 Å². The number of unbranched alkanes of at least 4 members (excludes halogenated alkanes) is 4. The van der Waals surface area contributed by atoms with Crippen molar-refractivity contribution in [3.05, 3.63) is 47.5 Å². The first-order valence-electron chi connectivity index (χ1n) is 17.2. The second-order valence-corrected chi connectivity index (χ2v) is 19.2. The maximum absolute atomic E-state index is 13.6. The van der Waals surface area contributed by atoms with Crippen LogP contribution in [0.1, 0.15) is 123 Å². The molecule has 1 N–H and O–H groups in total. The van der Waals surface area contributed by atoms with E-state index in [1.54, 1.807) is 0 Å². The van der Waals surface area contributed by atoms with Gasteiger partial charge < -0.3 is 14.3 Å². The van der Waals surface area contributed by atoms with Crippen LogP contribution < -0.4 is 0 Å². The van der Waals surface area contributed by atoms with Gasteiger partial charge in [-0.2, -0.15) is 0 Å². The van der Waals surface area contributed by atoms with E-state index in [2.05, 4.69) is 71.0 Å². The molecule has 1 aliphatic carbocycles. The predicted octanol–water partition coefficient (Wildman–Crippen LogP) is 9.72. The third-order valence-electron chi connectivity index (χ3n) is 9.88. The van der Waals surface area contributed by atoms with Crippen molar-refractivity contribution in [2.75, 3.05) is 7.11 Å². The van der Waals surface area contributed by atoms with Gasteiger partial charge in [-0.15, -0.1) is 11.6 Å². The van der Waals surface area contributed by atoms with Gasteiger partial charge in [0.15, 0.2) is 8.32 Å². The lowest BCUT2D eigenvalue weighted by molar-refractivity contribution is -0.140. The van der Waals surface area contributed by atoms with Crippen molar-refractivity contribution >= 4 is 31.7 Å². The Morgan fingerprint density at radius 1 is 1.07 bits per heavy atom. The minimum absolute atomic E-state index is 0.0203. The fraction of sp³-hybridized carbons (Fsp3) is 0.730. The van der Waals surface area contributed by atoms with E-state index in [1.165, 1.54) is 12.7 Å². The largest absolute Gasteiger partial charge is 0.469 e. The zero-order chi connectivity index (χ0) is 32.8. The van der Waals surface area contributed by atoms with Crippen LogP contribution in [0.2, 0.25) is 17.1 Å². The molecule has 1 fully saturated rings. The maximum atomic E-state index is 13.6. The molecule has 7 heteroatoms. The first-order chi connectivity index (χ1) is 20.9. The highest BCUT2D eigenvalue weighted by atomic mass is 35.5. The summed E-state index contributed by atoms with van der Waals surface area (Å²) in [6.07, 6.45) is 14.1. The summed E-state index contributed by atoms with van der Waals surface area (Å²) < 4.78 is 12.1. The molecule has 0 bridgehead atoms. The molecule has 2 rings (SSSR count). The highest BCUT2D eigenvalue weighted by molar-refractivity contribution is 6.76. The third kappa shape index (κ3) is 12.0. The summed E-state index contributed by atoms with van der Waals surface area (Å²) in [6, 6.07) is 9.62. The minimum atomic E-state index is -2.28. The van der Waals surface area contributed by atoms with Crippen LogP contribution in [0, 0.1) is 11.8 Å². The molecule has 0 radical (unpaired) electrons. The van der Waals surface area contributed by atoms with Crippen molar-refractivity contribution in [1.82, 2.24) is 0 Å². The smallest absolute Gasteiger partial charge is 0.305 e. The summed E-state index contributed by atoms with van der Waals surface area (Å²) in [5.41, 5.74) is 2.51. The van der Waals surface area contributed by atoms with Crippen LogP contribution >= 0.6 is 11.6 Å². The van der Waals surface area contributed by atoms with Gasteiger partial charge in [0.25, 0.3) is 0 Å². The number of aliphatic hydroxyl groups is 1. The first kappa shape index (κ1) is 38.7. The van der Waals surface area contributed by atoms with Crippen molar-refractivity contribution in [3.63, 3.8) is 0 Å². The van der Waals surface area contributed by atoms with Gasteiger partial charge in [0, 0.05) is 30.6 Å². The number of hydrogen-bond donors (Lipinski definition) is 1. The van der Waals surface area contributed by atoms with E-state index in [-0.39, 0.29) is 23.9 Å². The average Bonchev–Trinajstić information content (AvgIpc) is 3.28. The summed E-state index contributed by atoms with van der Waals surface area (Å²) in [4.78, 5) is 25.1. The molecule has 1 aromatic carbocycles. The SMILES string of the molecule is CCCCC(C)(O)C/C=C/[C@H]1C(O[Si](CCc2ccc(CCl)cc2)(C(C)C)C(C)C)CC(=O)[C@@H]1CCCCCCC(=O)OC. The molecule has 44 heavy (non-hydrogen) atoms. The van der Waals surface area contributed by atoms with Crippen molar-refractivity contribution in [3.8, 4) is 0 Å². The van der Waals surface area contributed by atoms with Crippen LogP contribution in [0.15, 0.2) is 36.4 Å². The molecule has 4 atom stereocenters. The molecule has 0 saturated heterocycles. The molecule has 0 spiro atoms. The number of benzene rings is 1. The Morgan fingerprint density at radius 3 is 2.30 bits per heavy atom. The number of ether oxygens (including phenoxy) is 1. The number of Topliss-reactive ketones (excluding diaryl/α,β-unsaturated/α-hetero) is 1. The van der Waals surface area contributed by atoms with E-state index in [0.717, 1.165) is 69.4 Å². The molecule has 1 aliphatic rings. The Hall–Kier alpha value is -1.47. The zero-order valence-electron chi connectivity index (χ0n) is 28.7. The lowest BCUT2D eigenvalue weighted by atomic mass is 9.87. The van der Waals surface area contributed by atoms with Gasteiger partial charge in [-0.3, -0.25) is 9.59 Å². The maximum Gasteiger partial charge on any atom is 0.305 e. The molecule has 0 aromatic heterocycles. The number of carbonyl (C=O) groups is 2. The number of hydrogen-bond acceptors (Lipinski definition) is 5. The second kappa shape index (κ2) is 19.2. The fourth-order valence-corrected chi connectivity index (χ4v) is 11.7. The molecule has 250 valence electrons. The number of aryl methyl sites for hydroxylation is 1. The Labute approximate surface area is 274 Å². The molecule has 1 saturated carbocycles. The minimum Gasteiger partial charge on any atom is -0.469 e. The van der Waals surface area contributed by atoms with E-state index in [0.29, 0.717) is 42.0 Å². The normalized spacial score (nSPS) is 20.6. The molecule has 0 amide bonds. The molecule has 1 aromatic rings. The van der Waals surface area contributed by atoms with Crippen molar-refractivity contribution in [2.45, 2.75) is 153 Å². The summed E-state index contributed by atoms with van der Waals surface area (Å²) in [7, 11) is -0.854. The van der Waals surface area contributed by atoms with Crippen molar-refractivity contribution in [2.24, 2.45) is 11.8 Å². The Morgan fingerprint density at radius 2 is 1.70 bits per heavy atom. The summed E-state index contributed by atoms with van der Waals surface area (Å²) >= 11 is 6.02. The van der Waals surface area contributed by atoms with Gasteiger partial charge in [0.1, 0.15) is 5.78 Å². The standard InChI is InChI=1S/C37H61ClO5Si/c1-8-9-23-37(6,41)24-14-16-33-32(15-12-10-11-13-17-36(40)42-7)34(39)26-35(33)43-44(28(2)3,29(4)5)25-22-30-18-20-31(27-38)21-19-30/h14,16,18-21,28-29,32-33,35,41H,8-13,15,17,22-27H2,1-7H3/b16-14+/t32-,33-,35?,37?/m1/s1. The van der Waals surface area contributed by atoms with Gasteiger partial charge >= 0.3 is 5.97 Å². The second-order valence-electron chi connectivity index (χ2n) is 14.0. The number of esters is 1. The quantitative estimate of drug-likeness (QED) is 0.0472. The van der Waals surface area contributed by atoms with Gasteiger partial charge in [-0.25, -0.2) is 0 Å². The number of carbonyl (C=O) groups excluding carboxylic acids is 2. The highest BCUT2D eigenvalue weighted by Gasteiger charge is 2.49. The lowest BCUT2D eigenvalue weighted by Gasteiger charge is -2.42. The van der Waals surface area contributed by atoms with Gasteiger partial charge in [-0.05, 0) is 67.3 Å². The van der Waals surface area contributed by atoms with E-state index in [9.17, 15) is 14.7 Å². The number of ketones is 1. The molecule has 5 nitrogen and oxygen atoms in total. The first-order valence-corrected chi connectivity index (χ1v) is 20.0. The van der Waals surface area contributed by atoms with E-state index < -0.39 is 13.9 Å². The summed E-state index contributed by atoms with van der Waals surface area (Å²) in [5.74, 6) is 0.627. The molecule has 0 heterocycles.